The van der Waals surface area contributed by atoms with Crippen LogP contribution in [0.5, 0.6) is 0 Å². The van der Waals surface area contributed by atoms with Crippen LogP contribution in [0, 0.1) is 12.3 Å². The Labute approximate surface area is 131 Å². The molecule has 4 rings (SSSR count). The number of imidazole rings is 1. The van der Waals surface area contributed by atoms with Gasteiger partial charge >= 0.3 is 0 Å². The fraction of sp³-hybridized carbons (Fsp3) is 0.0588. The van der Waals surface area contributed by atoms with Crippen molar-refractivity contribution >= 4 is 37.7 Å². The van der Waals surface area contributed by atoms with Gasteiger partial charge in [-0.3, -0.25) is 0 Å². The van der Waals surface area contributed by atoms with E-state index in [0.29, 0.717) is 5.13 Å². The predicted octanol–water partition coefficient (Wildman–Crippen LogP) is 3.26. The highest BCUT2D eigenvalue weighted by Gasteiger charge is 2.06. The third-order valence-electron chi connectivity index (χ3n) is 3.61. The molecule has 0 amide bonds. The first-order chi connectivity index (χ1) is 10.7. The monoisotopic (exact) mass is 304 g/mol. The molecule has 5 heteroatoms. The van der Waals surface area contributed by atoms with Crippen LogP contribution in [-0.2, 0) is 6.54 Å². The molecule has 0 aliphatic carbocycles. The van der Waals surface area contributed by atoms with Crippen molar-refractivity contribution in [2.24, 2.45) is 0 Å². The summed E-state index contributed by atoms with van der Waals surface area (Å²) in [6.07, 6.45) is 7.27. The van der Waals surface area contributed by atoms with Crippen LogP contribution in [0.25, 0.3) is 21.3 Å². The summed E-state index contributed by atoms with van der Waals surface area (Å²) in [5, 5.41) is 0.599. The lowest BCUT2D eigenvalue weighted by atomic mass is 10.2. The number of rotatable bonds is 2. The minimum absolute atomic E-state index is 0.599. The van der Waals surface area contributed by atoms with Gasteiger partial charge in [0, 0.05) is 12.1 Å². The van der Waals surface area contributed by atoms with Crippen LogP contribution in [0.1, 0.15) is 11.1 Å². The number of nitrogens with two attached hydrogens (primary N) is 1. The van der Waals surface area contributed by atoms with Gasteiger partial charge in [-0.05, 0) is 35.9 Å². The first kappa shape index (κ1) is 12.9. The third-order valence-corrected chi connectivity index (χ3v) is 4.46. The molecule has 0 atom stereocenters. The van der Waals surface area contributed by atoms with E-state index in [0.717, 1.165) is 33.4 Å². The molecule has 0 fully saturated rings. The molecule has 0 saturated carbocycles. The van der Waals surface area contributed by atoms with E-state index < -0.39 is 0 Å². The lowest BCUT2D eigenvalue weighted by Gasteiger charge is -2.05. The van der Waals surface area contributed by atoms with E-state index >= 15 is 0 Å². The molecule has 0 spiro atoms. The Morgan fingerprint density at radius 2 is 2.09 bits per heavy atom. The number of thiazole rings is 1. The summed E-state index contributed by atoms with van der Waals surface area (Å²) in [5.74, 6) is 2.63. The average molecular weight is 304 g/mol. The maximum Gasteiger partial charge on any atom is 0.181 e. The molecule has 4 aromatic rings. The minimum atomic E-state index is 0.599. The van der Waals surface area contributed by atoms with E-state index in [9.17, 15) is 0 Å². The Balaban J connectivity index is 1.74. The number of nitrogens with zero attached hydrogens (tertiary/aromatic N) is 3. The number of terminal acetylenes is 1. The van der Waals surface area contributed by atoms with Gasteiger partial charge in [-0.25, -0.2) is 9.97 Å². The summed E-state index contributed by atoms with van der Waals surface area (Å²) < 4.78 is 3.22. The summed E-state index contributed by atoms with van der Waals surface area (Å²) in [4.78, 5) is 8.71. The van der Waals surface area contributed by atoms with E-state index in [4.69, 9.17) is 12.2 Å². The van der Waals surface area contributed by atoms with Crippen molar-refractivity contribution in [3.8, 4) is 12.3 Å². The van der Waals surface area contributed by atoms with Crippen molar-refractivity contribution in [3.05, 3.63) is 53.9 Å². The zero-order valence-corrected chi connectivity index (χ0v) is 12.5. The molecule has 4 nitrogen and oxygen atoms in total. The quantitative estimate of drug-likeness (QED) is 0.578. The Kier molecular flexibility index (Phi) is 2.84. The molecule has 0 bridgehead atoms. The van der Waals surface area contributed by atoms with Gasteiger partial charge < -0.3 is 10.3 Å². The second-order valence-corrected chi connectivity index (χ2v) is 6.14. The van der Waals surface area contributed by atoms with Crippen LogP contribution in [0.3, 0.4) is 0 Å². The van der Waals surface area contributed by atoms with Gasteiger partial charge in [0.2, 0.25) is 0 Å². The molecular formula is C17H12N4S. The molecule has 106 valence electrons. The fourth-order valence-electron chi connectivity index (χ4n) is 2.56. The predicted molar refractivity (Wildman–Crippen MR) is 90.8 cm³/mol. The molecule has 2 heterocycles. The summed E-state index contributed by atoms with van der Waals surface area (Å²) in [5.41, 5.74) is 10.7. The van der Waals surface area contributed by atoms with E-state index in [1.54, 1.807) is 0 Å². The minimum Gasteiger partial charge on any atom is -0.375 e. The van der Waals surface area contributed by atoms with E-state index in [1.807, 2.05) is 30.6 Å². The van der Waals surface area contributed by atoms with Crippen molar-refractivity contribution in [1.29, 1.82) is 0 Å². The van der Waals surface area contributed by atoms with Crippen LogP contribution in [-0.4, -0.2) is 14.5 Å². The second-order valence-electron chi connectivity index (χ2n) is 5.07. The molecule has 0 aliphatic rings. The van der Waals surface area contributed by atoms with Gasteiger partial charge in [-0.15, -0.1) is 6.42 Å². The first-order valence-corrected chi connectivity index (χ1v) is 7.61. The van der Waals surface area contributed by atoms with Crippen molar-refractivity contribution in [2.45, 2.75) is 6.54 Å². The molecule has 2 aromatic carbocycles. The Morgan fingerprint density at radius 3 is 2.95 bits per heavy atom. The van der Waals surface area contributed by atoms with E-state index in [-0.39, 0.29) is 0 Å². The fourth-order valence-corrected chi connectivity index (χ4v) is 3.36. The van der Waals surface area contributed by atoms with Crippen molar-refractivity contribution in [3.63, 3.8) is 0 Å². The Hall–Kier alpha value is -2.84. The molecule has 0 radical (unpaired) electrons. The Bertz CT molecular complexity index is 1040. The van der Waals surface area contributed by atoms with E-state index in [2.05, 4.69) is 32.6 Å². The highest BCUT2D eigenvalue weighted by molar-refractivity contribution is 7.22. The lowest BCUT2D eigenvalue weighted by Crippen LogP contribution is -1.97. The maximum absolute atomic E-state index is 5.75. The smallest absolute Gasteiger partial charge is 0.181 e. The largest absolute Gasteiger partial charge is 0.375 e. The number of hydrogen-bond donors (Lipinski definition) is 1. The average Bonchev–Trinajstić information content (AvgIpc) is 3.09. The van der Waals surface area contributed by atoms with Crippen LogP contribution in [0.15, 0.2) is 42.7 Å². The number of nitrogen functional groups attached to an aromatic ring is 1. The van der Waals surface area contributed by atoms with Crippen LogP contribution in [0.4, 0.5) is 5.13 Å². The molecule has 0 aliphatic heterocycles. The summed E-state index contributed by atoms with van der Waals surface area (Å²) >= 11 is 1.51. The SMILES string of the molecule is C#Cc1ccc2c(c1)ncn2Cc1ccc2nc(N)sc2c1. The van der Waals surface area contributed by atoms with Crippen LogP contribution in [0.2, 0.25) is 0 Å². The zero-order chi connectivity index (χ0) is 15.1. The highest BCUT2D eigenvalue weighted by Crippen LogP contribution is 2.25. The Morgan fingerprint density at radius 1 is 1.18 bits per heavy atom. The highest BCUT2D eigenvalue weighted by atomic mass is 32.1. The third kappa shape index (κ3) is 2.10. The second kappa shape index (κ2) is 4.86. The van der Waals surface area contributed by atoms with Gasteiger partial charge in [0.05, 0.1) is 27.6 Å². The molecule has 2 N–H and O–H groups in total. The number of hydrogen-bond acceptors (Lipinski definition) is 4. The van der Waals surface area contributed by atoms with Gasteiger partial charge in [-0.1, -0.05) is 23.3 Å². The summed E-state index contributed by atoms with van der Waals surface area (Å²) in [7, 11) is 0. The van der Waals surface area contributed by atoms with Crippen molar-refractivity contribution in [2.75, 3.05) is 5.73 Å². The molecule has 2 aromatic heterocycles. The standard InChI is InChI=1S/C17H12N4S/c1-2-11-4-6-15-14(7-11)19-10-21(15)9-12-3-5-13-16(8-12)22-17(18)20-13/h1,3-8,10H,9H2,(H2,18,20). The molecule has 0 unspecified atom stereocenters. The van der Waals surface area contributed by atoms with Gasteiger partial charge in [0.15, 0.2) is 5.13 Å². The van der Waals surface area contributed by atoms with Crippen molar-refractivity contribution in [1.82, 2.24) is 14.5 Å². The lowest BCUT2D eigenvalue weighted by molar-refractivity contribution is 0.826. The summed E-state index contributed by atoms with van der Waals surface area (Å²) in [6, 6.07) is 12.1. The van der Waals surface area contributed by atoms with Gasteiger partial charge in [-0.2, -0.15) is 0 Å². The molecular weight excluding hydrogens is 292 g/mol. The molecule has 22 heavy (non-hydrogen) atoms. The number of fused-ring (bicyclic) bond motifs is 2. The number of aromatic nitrogens is 3. The van der Waals surface area contributed by atoms with Crippen LogP contribution < -0.4 is 5.73 Å². The number of benzene rings is 2. The van der Waals surface area contributed by atoms with E-state index in [1.165, 1.54) is 16.9 Å². The van der Waals surface area contributed by atoms with Gasteiger partial charge in [0.25, 0.3) is 0 Å². The maximum atomic E-state index is 5.75. The number of anilines is 1. The first-order valence-electron chi connectivity index (χ1n) is 6.79. The summed E-state index contributed by atoms with van der Waals surface area (Å²) in [6.45, 7) is 0.750. The topological polar surface area (TPSA) is 56.7 Å². The van der Waals surface area contributed by atoms with Crippen molar-refractivity contribution < 1.29 is 0 Å². The zero-order valence-electron chi connectivity index (χ0n) is 11.7. The van der Waals surface area contributed by atoms with Crippen LogP contribution >= 0.6 is 11.3 Å². The molecule has 0 saturated heterocycles. The van der Waals surface area contributed by atoms with Gasteiger partial charge in [0.1, 0.15) is 0 Å². The normalized spacial score (nSPS) is 11.0.